The maximum Gasteiger partial charge on any atom is 0.322 e. The molecule has 0 aliphatic carbocycles. The number of amides is 2. The first-order valence-electron chi connectivity index (χ1n) is 6.49. The number of fused-ring (bicyclic) bond motifs is 1. The summed E-state index contributed by atoms with van der Waals surface area (Å²) in [6, 6.07) is 4.71. The number of hydrogen-bond donors (Lipinski definition) is 1. The highest BCUT2D eigenvalue weighted by atomic mass is 19.1. The first kappa shape index (κ1) is 12.9. The molecule has 1 heterocycles. The third kappa shape index (κ3) is 2.47. The second-order valence-corrected chi connectivity index (χ2v) is 4.76. The van der Waals surface area contributed by atoms with Gasteiger partial charge in [-0.05, 0) is 49.9 Å². The molecule has 0 aromatic heterocycles. The van der Waals surface area contributed by atoms with E-state index < -0.39 is 0 Å². The second-order valence-electron chi connectivity index (χ2n) is 4.76. The van der Waals surface area contributed by atoms with Gasteiger partial charge in [0.1, 0.15) is 5.82 Å². The van der Waals surface area contributed by atoms with E-state index in [-0.39, 0.29) is 17.9 Å². The van der Waals surface area contributed by atoms with Crippen LogP contribution in [-0.4, -0.2) is 18.6 Å². The van der Waals surface area contributed by atoms with Crippen LogP contribution in [0, 0.1) is 5.82 Å². The van der Waals surface area contributed by atoms with Crippen LogP contribution >= 0.6 is 0 Å². The van der Waals surface area contributed by atoms with Crippen LogP contribution in [-0.2, 0) is 6.42 Å². The molecule has 1 N–H and O–H groups in total. The van der Waals surface area contributed by atoms with E-state index in [1.54, 1.807) is 11.0 Å². The summed E-state index contributed by atoms with van der Waals surface area (Å²) >= 11 is 0. The van der Waals surface area contributed by atoms with Crippen molar-refractivity contribution >= 4 is 11.7 Å². The zero-order valence-electron chi connectivity index (χ0n) is 10.9. The van der Waals surface area contributed by atoms with Crippen molar-refractivity contribution in [3.8, 4) is 0 Å². The van der Waals surface area contributed by atoms with Crippen LogP contribution in [0.2, 0.25) is 0 Å². The molecule has 0 unspecified atom stereocenters. The van der Waals surface area contributed by atoms with Crippen molar-refractivity contribution in [2.75, 3.05) is 11.4 Å². The first-order chi connectivity index (χ1) is 8.63. The lowest BCUT2D eigenvalue weighted by atomic mass is 9.97. The van der Waals surface area contributed by atoms with E-state index in [0.717, 1.165) is 30.5 Å². The van der Waals surface area contributed by atoms with Gasteiger partial charge >= 0.3 is 6.03 Å². The fourth-order valence-electron chi connectivity index (χ4n) is 2.35. The van der Waals surface area contributed by atoms with E-state index in [0.29, 0.717) is 6.54 Å². The molecule has 0 bridgehead atoms. The standard InChI is InChI=1S/C14H19FN2O/c1-3-8-16-14(18)17-10(2)4-5-11-9-12(15)6-7-13(11)17/h6-7,9-10H,3-5,8H2,1-2H3,(H,16,18)/t10-/m0/s1. The Hall–Kier alpha value is -1.58. The highest BCUT2D eigenvalue weighted by molar-refractivity contribution is 5.93. The lowest BCUT2D eigenvalue weighted by molar-refractivity contribution is 0.243. The highest BCUT2D eigenvalue weighted by Crippen LogP contribution is 2.31. The molecule has 1 aliphatic rings. The van der Waals surface area contributed by atoms with Crippen molar-refractivity contribution in [2.45, 2.75) is 39.2 Å². The number of aryl methyl sites for hydroxylation is 1. The predicted octanol–water partition coefficient (Wildman–Crippen LogP) is 3.09. The van der Waals surface area contributed by atoms with Gasteiger partial charge in [0, 0.05) is 18.3 Å². The van der Waals surface area contributed by atoms with Crippen LogP contribution in [0.4, 0.5) is 14.9 Å². The van der Waals surface area contributed by atoms with Gasteiger partial charge in [-0.15, -0.1) is 0 Å². The molecule has 4 heteroatoms. The lowest BCUT2D eigenvalue weighted by Crippen LogP contribution is -2.47. The molecule has 98 valence electrons. The summed E-state index contributed by atoms with van der Waals surface area (Å²) < 4.78 is 13.2. The smallest absolute Gasteiger partial charge is 0.322 e. The van der Waals surface area contributed by atoms with Crippen LogP contribution in [0.3, 0.4) is 0 Å². The summed E-state index contributed by atoms with van der Waals surface area (Å²) in [5.41, 5.74) is 1.75. The van der Waals surface area contributed by atoms with E-state index in [1.165, 1.54) is 12.1 Å². The van der Waals surface area contributed by atoms with E-state index in [1.807, 2.05) is 13.8 Å². The van der Waals surface area contributed by atoms with Gasteiger partial charge in [0.05, 0.1) is 0 Å². The number of nitrogens with zero attached hydrogens (tertiary/aromatic N) is 1. The Morgan fingerprint density at radius 1 is 1.56 bits per heavy atom. The summed E-state index contributed by atoms with van der Waals surface area (Å²) in [7, 11) is 0. The summed E-state index contributed by atoms with van der Waals surface area (Å²) in [5, 5.41) is 2.88. The molecule has 2 rings (SSSR count). The molecule has 0 saturated heterocycles. The number of rotatable bonds is 2. The van der Waals surface area contributed by atoms with Crippen molar-refractivity contribution in [1.29, 1.82) is 0 Å². The highest BCUT2D eigenvalue weighted by Gasteiger charge is 2.28. The molecule has 3 nitrogen and oxygen atoms in total. The number of hydrogen-bond acceptors (Lipinski definition) is 1. The largest absolute Gasteiger partial charge is 0.338 e. The van der Waals surface area contributed by atoms with Crippen LogP contribution in [0.1, 0.15) is 32.3 Å². The van der Waals surface area contributed by atoms with Crippen molar-refractivity contribution in [3.63, 3.8) is 0 Å². The summed E-state index contributed by atoms with van der Waals surface area (Å²) in [4.78, 5) is 13.9. The number of carbonyl (C=O) groups excluding carboxylic acids is 1. The molecule has 18 heavy (non-hydrogen) atoms. The zero-order chi connectivity index (χ0) is 13.1. The third-order valence-electron chi connectivity index (χ3n) is 3.32. The number of benzene rings is 1. The van der Waals surface area contributed by atoms with Gasteiger partial charge < -0.3 is 5.32 Å². The van der Waals surface area contributed by atoms with E-state index in [9.17, 15) is 9.18 Å². The normalized spacial score (nSPS) is 18.4. The van der Waals surface area contributed by atoms with Gasteiger partial charge in [-0.2, -0.15) is 0 Å². The molecule has 1 aliphatic heterocycles. The summed E-state index contributed by atoms with van der Waals surface area (Å²) in [5.74, 6) is -0.239. The van der Waals surface area contributed by atoms with Gasteiger partial charge in [0.25, 0.3) is 0 Å². The maximum atomic E-state index is 13.2. The van der Waals surface area contributed by atoms with Gasteiger partial charge in [0.15, 0.2) is 0 Å². The Kier molecular flexibility index (Phi) is 3.84. The zero-order valence-corrected chi connectivity index (χ0v) is 10.9. The van der Waals surface area contributed by atoms with Crippen LogP contribution < -0.4 is 10.2 Å². The second kappa shape index (κ2) is 5.38. The molecular weight excluding hydrogens is 231 g/mol. The van der Waals surface area contributed by atoms with E-state index in [4.69, 9.17) is 0 Å². The van der Waals surface area contributed by atoms with E-state index in [2.05, 4.69) is 5.32 Å². The molecule has 1 aromatic carbocycles. The van der Waals surface area contributed by atoms with Crippen LogP contribution in [0.15, 0.2) is 18.2 Å². The minimum atomic E-state index is -0.239. The SMILES string of the molecule is CCCNC(=O)N1c2ccc(F)cc2CC[C@@H]1C. The first-order valence-corrected chi connectivity index (χ1v) is 6.49. The van der Waals surface area contributed by atoms with Crippen LogP contribution in [0.25, 0.3) is 0 Å². The Balaban J connectivity index is 2.27. The maximum absolute atomic E-state index is 13.2. The molecular formula is C14H19FN2O. The lowest BCUT2D eigenvalue weighted by Gasteiger charge is -2.35. The Morgan fingerprint density at radius 3 is 3.06 bits per heavy atom. The number of nitrogens with one attached hydrogen (secondary N) is 1. The molecule has 1 atom stereocenters. The number of carbonyl (C=O) groups is 1. The minimum Gasteiger partial charge on any atom is -0.338 e. The third-order valence-corrected chi connectivity index (χ3v) is 3.32. The van der Waals surface area contributed by atoms with Gasteiger partial charge in [-0.25, -0.2) is 9.18 Å². The van der Waals surface area contributed by atoms with E-state index >= 15 is 0 Å². The molecule has 2 amide bonds. The van der Waals surface area contributed by atoms with Gasteiger partial charge in [-0.1, -0.05) is 6.92 Å². The monoisotopic (exact) mass is 250 g/mol. The quantitative estimate of drug-likeness (QED) is 0.859. The Labute approximate surface area is 107 Å². The van der Waals surface area contributed by atoms with Gasteiger partial charge in [0.2, 0.25) is 0 Å². The summed E-state index contributed by atoms with van der Waals surface area (Å²) in [6.07, 6.45) is 2.60. The Bertz CT molecular complexity index is 447. The average molecular weight is 250 g/mol. The number of urea groups is 1. The predicted molar refractivity (Wildman–Crippen MR) is 70.4 cm³/mol. The van der Waals surface area contributed by atoms with Gasteiger partial charge in [-0.3, -0.25) is 4.90 Å². The fraction of sp³-hybridized carbons (Fsp3) is 0.500. The fourth-order valence-corrected chi connectivity index (χ4v) is 2.35. The molecule has 0 radical (unpaired) electrons. The van der Waals surface area contributed by atoms with Crippen LogP contribution in [0.5, 0.6) is 0 Å². The molecule has 1 aromatic rings. The van der Waals surface area contributed by atoms with Crippen molar-refractivity contribution in [2.24, 2.45) is 0 Å². The molecule has 0 saturated carbocycles. The van der Waals surface area contributed by atoms with Crippen molar-refractivity contribution in [3.05, 3.63) is 29.6 Å². The van der Waals surface area contributed by atoms with Crippen molar-refractivity contribution < 1.29 is 9.18 Å². The Morgan fingerprint density at radius 2 is 2.33 bits per heavy atom. The number of halogens is 1. The number of anilines is 1. The minimum absolute atomic E-state index is 0.0862. The molecule has 0 fully saturated rings. The molecule has 0 spiro atoms. The topological polar surface area (TPSA) is 32.3 Å². The summed E-state index contributed by atoms with van der Waals surface area (Å²) in [6.45, 7) is 4.71. The van der Waals surface area contributed by atoms with Crippen molar-refractivity contribution in [1.82, 2.24) is 5.32 Å². The average Bonchev–Trinajstić information content (AvgIpc) is 2.36.